The highest BCUT2D eigenvalue weighted by molar-refractivity contribution is 6.35. The number of benzene rings is 1. The lowest BCUT2D eigenvalue weighted by Crippen LogP contribution is -1.81. The molecule has 0 aliphatic rings. The standard InChI is InChI=1S/C8H4Cl2O/c1-2-11-8-4-3-6(9)5-7(8)10/h1,3-5H. The van der Waals surface area contributed by atoms with Crippen LogP contribution in [0.2, 0.25) is 10.0 Å². The van der Waals surface area contributed by atoms with Crippen LogP contribution in [0.4, 0.5) is 0 Å². The summed E-state index contributed by atoms with van der Waals surface area (Å²) in [4.78, 5) is 0. The highest BCUT2D eigenvalue weighted by atomic mass is 35.5. The highest BCUT2D eigenvalue weighted by Gasteiger charge is 1.99. The van der Waals surface area contributed by atoms with Crippen LogP contribution >= 0.6 is 23.2 Å². The number of ether oxygens (including phenoxy) is 1. The molecule has 11 heavy (non-hydrogen) atoms. The zero-order valence-electron chi connectivity index (χ0n) is 5.47. The van der Waals surface area contributed by atoms with E-state index in [0.29, 0.717) is 15.8 Å². The summed E-state index contributed by atoms with van der Waals surface area (Å²) in [7, 11) is 0. The Kier molecular flexibility index (Phi) is 2.64. The largest absolute Gasteiger partial charge is 0.406 e. The van der Waals surface area contributed by atoms with Crippen LogP contribution in [0.25, 0.3) is 0 Å². The fourth-order valence-corrected chi connectivity index (χ4v) is 1.07. The highest BCUT2D eigenvalue weighted by Crippen LogP contribution is 2.26. The molecule has 0 heterocycles. The van der Waals surface area contributed by atoms with Crippen molar-refractivity contribution in [1.29, 1.82) is 0 Å². The quantitative estimate of drug-likeness (QED) is 0.614. The van der Waals surface area contributed by atoms with E-state index in [1.165, 1.54) is 0 Å². The van der Waals surface area contributed by atoms with Crippen LogP contribution in [0.15, 0.2) is 18.2 Å². The minimum absolute atomic E-state index is 0.412. The van der Waals surface area contributed by atoms with E-state index in [-0.39, 0.29) is 0 Å². The van der Waals surface area contributed by atoms with Crippen LogP contribution in [0, 0.1) is 12.5 Å². The van der Waals surface area contributed by atoms with Crippen molar-refractivity contribution in [3.05, 3.63) is 28.2 Å². The molecule has 0 spiro atoms. The first kappa shape index (κ1) is 8.26. The molecular weight excluding hydrogens is 183 g/mol. The fraction of sp³-hybridized carbons (Fsp3) is 0. The molecule has 1 rings (SSSR count). The van der Waals surface area contributed by atoms with Gasteiger partial charge in [0.2, 0.25) is 0 Å². The number of halogens is 2. The lowest BCUT2D eigenvalue weighted by Gasteiger charge is -1.99. The van der Waals surface area contributed by atoms with Crippen LogP contribution in [0.1, 0.15) is 0 Å². The number of rotatable bonds is 1. The van der Waals surface area contributed by atoms with Gasteiger partial charge in [0.15, 0.2) is 5.75 Å². The van der Waals surface area contributed by atoms with Crippen LogP contribution in [0.3, 0.4) is 0 Å². The Balaban J connectivity index is 3.01. The van der Waals surface area contributed by atoms with Gasteiger partial charge in [0.1, 0.15) is 6.11 Å². The van der Waals surface area contributed by atoms with Crippen molar-refractivity contribution in [3.8, 4) is 18.3 Å². The molecule has 0 aromatic heterocycles. The molecule has 56 valence electrons. The van der Waals surface area contributed by atoms with Gasteiger partial charge in [0.25, 0.3) is 0 Å². The van der Waals surface area contributed by atoms with Crippen LogP contribution in [-0.4, -0.2) is 0 Å². The monoisotopic (exact) mass is 186 g/mol. The van der Waals surface area contributed by atoms with Gasteiger partial charge in [-0.2, -0.15) is 0 Å². The fourth-order valence-electron chi connectivity index (χ4n) is 0.621. The Morgan fingerprint density at radius 3 is 2.64 bits per heavy atom. The van der Waals surface area contributed by atoms with Crippen LogP contribution in [-0.2, 0) is 0 Å². The van der Waals surface area contributed by atoms with Gasteiger partial charge in [-0.25, -0.2) is 0 Å². The molecule has 0 aliphatic heterocycles. The molecule has 0 N–H and O–H groups in total. The Bertz CT molecular complexity index is 301. The summed E-state index contributed by atoms with van der Waals surface area (Å²) in [5.74, 6) is 0.443. The van der Waals surface area contributed by atoms with Gasteiger partial charge in [0, 0.05) is 5.02 Å². The molecule has 0 amide bonds. The van der Waals surface area contributed by atoms with Gasteiger partial charge in [0.05, 0.1) is 5.02 Å². The van der Waals surface area contributed by atoms with E-state index in [0.717, 1.165) is 0 Å². The second-order valence-corrected chi connectivity index (χ2v) is 2.64. The predicted octanol–water partition coefficient (Wildman–Crippen LogP) is 2.96. The van der Waals surface area contributed by atoms with Crippen molar-refractivity contribution >= 4 is 23.2 Å². The Labute approximate surface area is 74.9 Å². The summed E-state index contributed by atoms with van der Waals surface area (Å²) >= 11 is 11.3. The molecule has 1 nitrogen and oxygen atoms in total. The predicted molar refractivity (Wildman–Crippen MR) is 45.9 cm³/mol. The minimum atomic E-state index is 0.412. The Morgan fingerprint density at radius 2 is 2.09 bits per heavy atom. The molecule has 0 atom stereocenters. The van der Waals surface area contributed by atoms with E-state index in [2.05, 4.69) is 0 Å². The van der Waals surface area contributed by atoms with E-state index in [4.69, 9.17) is 34.4 Å². The molecule has 3 heteroatoms. The zero-order valence-corrected chi connectivity index (χ0v) is 6.99. The molecule has 1 aromatic rings. The van der Waals surface area contributed by atoms with Gasteiger partial charge in [-0.3, -0.25) is 0 Å². The first-order chi connectivity index (χ1) is 5.24. The summed E-state index contributed by atoms with van der Waals surface area (Å²) in [6.45, 7) is 0. The SMILES string of the molecule is C#COc1ccc(Cl)cc1Cl. The molecule has 0 bridgehead atoms. The number of hydrogen-bond donors (Lipinski definition) is 0. The van der Waals surface area contributed by atoms with E-state index in [1.54, 1.807) is 18.2 Å². The van der Waals surface area contributed by atoms with Crippen LogP contribution in [0.5, 0.6) is 5.75 Å². The lowest BCUT2D eigenvalue weighted by molar-refractivity contribution is 0.521. The third kappa shape index (κ3) is 2.04. The molecule has 0 unspecified atom stereocenters. The molecule has 1 aromatic carbocycles. The van der Waals surface area contributed by atoms with Crippen LogP contribution < -0.4 is 4.74 Å². The van der Waals surface area contributed by atoms with Gasteiger partial charge in [-0.1, -0.05) is 29.6 Å². The van der Waals surface area contributed by atoms with Gasteiger partial charge < -0.3 is 4.74 Å². The normalized spacial score (nSPS) is 8.82. The zero-order chi connectivity index (χ0) is 8.27. The average molecular weight is 187 g/mol. The van der Waals surface area contributed by atoms with E-state index < -0.39 is 0 Å². The van der Waals surface area contributed by atoms with E-state index >= 15 is 0 Å². The molecule has 0 aliphatic carbocycles. The molecule has 0 fully saturated rings. The number of terminal acetylenes is 1. The third-order valence-electron chi connectivity index (χ3n) is 1.06. The van der Waals surface area contributed by atoms with Crippen molar-refractivity contribution in [3.63, 3.8) is 0 Å². The van der Waals surface area contributed by atoms with Crippen molar-refractivity contribution in [2.75, 3.05) is 0 Å². The van der Waals surface area contributed by atoms with Crippen molar-refractivity contribution in [2.45, 2.75) is 0 Å². The molecule has 0 radical (unpaired) electrons. The minimum Gasteiger partial charge on any atom is -0.406 e. The topological polar surface area (TPSA) is 9.23 Å². The maximum absolute atomic E-state index is 5.70. The van der Waals surface area contributed by atoms with E-state index in [1.807, 2.05) is 6.11 Å². The second kappa shape index (κ2) is 3.52. The smallest absolute Gasteiger partial charge is 0.158 e. The summed E-state index contributed by atoms with van der Waals surface area (Å²) < 4.78 is 4.73. The first-order valence-corrected chi connectivity index (χ1v) is 3.57. The maximum Gasteiger partial charge on any atom is 0.158 e. The summed E-state index contributed by atoms with van der Waals surface area (Å²) in [5, 5.41) is 0.967. The van der Waals surface area contributed by atoms with Crippen molar-refractivity contribution < 1.29 is 4.74 Å². The first-order valence-electron chi connectivity index (χ1n) is 2.81. The van der Waals surface area contributed by atoms with Gasteiger partial charge >= 0.3 is 0 Å². The van der Waals surface area contributed by atoms with Gasteiger partial charge in [-0.15, -0.1) is 0 Å². The van der Waals surface area contributed by atoms with E-state index in [9.17, 15) is 0 Å². The molecule has 0 saturated heterocycles. The number of hydrogen-bond acceptors (Lipinski definition) is 1. The Hall–Kier alpha value is -0.840. The second-order valence-electron chi connectivity index (χ2n) is 1.79. The van der Waals surface area contributed by atoms with Crippen molar-refractivity contribution in [2.24, 2.45) is 0 Å². The van der Waals surface area contributed by atoms with Crippen molar-refractivity contribution in [1.82, 2.24) is 0 Å². The molecule has 0 saturated carbocycles. The molecular formula is C8H4Cl2O. The summed E-state index contributed by atoms with van der Waals surface area (Å²) in [6.07, 6.45) is 6.92. The summed E-state index contributed by atoms with van der Waals surface area (Å²) in [6, 6.07) is 4.83. The maximum atomic E-state index is 5.70. The lowest BCUT2D eigenvalue weighted by atomic mass is 10.3. The average Bonchev–Trinajstić information content (AvgIpc) is 1.95. The van der Waals surface area contributed by atoms with Gasteiger partial charge in [-0.05, 0) is 18.2 Å². The Morgan fingerprint density at radius 1 is 1.36 bits per heavy atom. The third-order valence-corrected chi connectivity index (χ3v) is 1.59. The summed E-state index contributed by atoms with van der Waals surface area (Å²) in [5.41, 5.74) is 0.